The Morgan fingerprint density at radius 1 is 0.950 bits per heavy atom. The van der Waals surface area contributed by atoms with Gasteiger partial charge >= 0.3 is 0 Å². The fourth-order valence-electron chi connectivity index (χ4n) is 2.55. The predicted octanol–water partition coefficient (Wildman–Crippen LogP) is 3.81. The van der Waals surface area contributed by atoms with Crippen molar-refractivity contribution in [1.29, 1.82) is 0 Å². The zero-order valence-corrected chi connectivity index (χ0v) is 11.1. The van der Waals surface area contributed by atoms with Crippen molar-refractivity contribution in [1.82, 2.24) is 15.0 Å². The number of H-pyrrole nitrogens is 2. The lowest BCUT2D eigenvalue weighted by Crippen LogP contribution is -2.10. The molecule has 0 bridgehead atoms. The van der Waals surface area contributed by atoms with Gasteiger partial charge in [0.25, 0.3) is 0 Å². The van der Waals surface area contributed by atoms with Crippen LogP contribution in [0.1, 0.15) is 0 Å². The van der Waals surface area contributed by atoms with Crippen LogP contribution in [0.4, 0.5) is 11.6 Å². The van der Waals surface area contributed by atoms with Crippen LogP contribution in [0.2, 0.25) is 0 Å². The van der Waals surface area contributed by atoms with Gasteiger partial charge in [0.15, 0.2) is 0 Å². The fourth-order valence-corrected chi connectivity index (χ4v) is 2.55. The standard InChI is InChI=1S/C16H14N4/c1-20(15-10-17-12-7-3-2-6-11(12)15)16-18-13-8-4-5-9-14(13)19-16/h2-10,17H,1H3,(H,18,19). The zero-order valence-electron chi connectivity index (χ0n) is 11.1. The van der Waals surface area contributed by atoms with Gasteiger partial charge in [-0.2, -0.15) is 0 Å². The average molecular weight is 262 g/mol. The summed E-state index contributed by atoms with van der Waals surface area (Å²) < 4.78 is 0. The van der Waals surface area contributed by atoms with E-state index in [1.807, 2.05) is 49.6 Å². The van der Waals surface area contributed by atoms with Gasteiger partial charge in [-0.3, -0.25) is 0 Å². The molecule has 0 aliphatic carbocycles. The van der Waals surface area contributed by atoms with Crippen molar-refractivity contribution in [2.24, 2.45) is 0 Å². The summed E-state index contributed by atoms with van der Waals surface area (Å²) in [6, 6.07) is 16.3. The van der Waals surface area contributed by atoms with Gasteiger partial charge in [0.1, 0.15) is 0 Å². The number of hydrogen-bond donors (Lipinski definition) is 2. The molecule has 0 spiro atoms. The van der Waals surface area contributed by atoms with E-state index < -0.39 is 0 Å². The van der Waals surface area contributed by atoms with Gasteiger partial charge in [0, 0.05) is 24.1 Å². The number of imidazole rings is 1. The minimum Gasteiger partial charge on any atom is -0.359 e. The first kappa shape index (κ1) is 11.1. The van der Waals surface area contributed by atoms with Crippen molar-refractivity contribution in [2.75, 3.05) is 11.9 Å². The van der Waals surface area contributed by atoms with Crippen molar-refractivity contribution in [3.05, 3.63) is 54.7 Å². The maximum absolute atomic E-state index is 4.63. The second-order valence-corrected chi connectivity index (χ2v) is 4.86. The first-order chi connectivity index (χ1) is 9.83. The van der Waals surface area contributed by atoms with E-state index in [2.05, 4.69) is 32.0 Å². The summed E-state index contributed by atoms with van der Waals surface area (Å²) in [7, 11) is 2.02. The van der Waals surface area contributed by atoms with Gasteiger partial charge in [-0.1, -0.05) is 30.3 Å². The van der Waals surface area contributed by atoms with E-state index in [4.69, 9.17) is 0 Å². The molecule has 4 nitrogen and oxygen atoms in total. The lowest BCUT2D eigenvalue weighted by Gasteiger charge is -2.14. The first-order valence-corrected chi connectivity index (χ1v) is 6.57. The minimum absolute atomic E-state index is 0.843. The van der Waals surface area contributed by atoms with Gasteiger partial charge in [0.05, 0.1) is 16.7 Å². The van der Waals surface area contributed by atoms with E-state index >= 15 is 0 Å². The van der Waals surface area contributed by atoms with E-state index in [1.165, 1.54) is 5.39 Å². The molecule has 0 saturated carbocycles. The predicted molar refractivity (Wildman–Crippen MR) is 82.5 cm³/mol. The molecule has 4 aromatic rings. The average Bonchev–Trinajstić information content (AvgIpc) is 3.10. The number of aromatic nitrogens is 3. The molecule has 4 rings (SSSR count). The van der Waals surface area contributed by atoms with Gasteiger partial charge < -0.3 is 14.9 Å². The molecular formula is C16H14N4. The molecule has 0 aliphatic rings. The molecule has 0 fully saturated rings. The number of fused-ring (bicyclic) bond motifs is 2. The summed E-state index contributed by atoms with van der Waals surface area (Å²) in [5.41, 5.74) is 4.27. The molecule has 0 amide bonds. The number of benzene rings is 2. The van der Waals surface area contributed by atoms with Crippen LogP contribution in [0.15, 0.2) is 54.7 Å². The van der Waals surface area contributed by atoms with E-state index in [9.17, 15) is 0 Å². The highest BCUT2D eigenvalue weighted by molar-refractivity contribution is 5.94. The topological polar surface area (TPSA) is 47.7 Å². The van der Waals surface area contributed by atoms with Crippen LogP contribution in [0.5, 0.6) is 0 Å². The Morgan fingerprint density at radius 2 is 1.70 bits per heavy atom. The highest BCUT2D eigenvalue weighted by Crippen LogP contribution is 2.30. The first-order valence-electron chi connectivity index (χ1n) is 6.57. The molecule has 20 heavy (non-hydrogen) atoms. The van der Waals surface area contributed by atoms with Gasteiger partial charge in [-0.05, 0) is 18.2 Å². The molecule has 2 heterocycles. The lowest BCUT2D eigenvalue weighted by atomic mass is 10.2. The normalized spacial score (nSPS) is 11.2. The Labute approximate surface area is 116 Å². The Kier molecular flexibility index (Phi) is 2.29. The SMILES string of the molecule is CN(c1nc2ccccc2[nH]1)c1c[nH]c2ccccc12. The molecule has 2 N–H and O–H groups in total. The van der Waals surface area contributed by atoms with E-state index in [-0.39, 0.29) is 0 Å². The molecule has 0 atom stereocenters. The quantitative estimate of drug-likeness (QED) is 0.577. The maximum Gasteiger partial charge on any atom is 0.208 e. The van der Waals surface area contributed by atoms with E-state index in [1.54, 1.807) is 0 Å². The van der Waals surface area contributed by atoms with Crippen LogP contribution in [-0.4, -0.2) is 22.0 Å². The van der Waals surface area contributed by atoms with Crippen LogP contribution in [-0.2, 0) is 0 Å². The smallest absolute Gasteiger partial charge is 0.208 e. The molecular weight excluding hydrogens is 248 g/mol. The summed E-state index contributed by atoms with van der Waals surface area (Å²) in [6.07, 6.45) is 2.01. The number of nitrogens with one attached hydrogen (secondary N) is 2. The molecule has 2 aromatic heterocycles. The highest BCUT2D eigenvalue weighted by Gasteiger charge is 2.12. The Morgan fingerprint density at radius 3 is 2.55 bits per heavy atom. The molecule has 0 radical (unpaired) electrons. The Hall–Kier alpha value is -2.75. The van der Waals surface area contributed by atoms with Crippen molar-refractivity contribution in [3.8, 4) is 0 Å². The molecule has 0 saturated heterocycles. The number of hydrogen-bond acceptors (Lipinski definition) is 2. The molecule has 98 valence electrons. The van der Waals surface area contributed by atoms with Crippen molar-refractivity contribution in [2.45, 2.75) is 0 Å². The van der Waals surface area contributed by atoms with Crippen LogP contribution < -0.4 is 4.90 Å². The largest absolute Gasteiger partial charge is 0.359 e. The number of aromatic amines is 2. The van der Waals surface area contributed by atoms with Crippen molar-refractivity contribution >= 4 is 33.6 Å². The van der Waals surface area contributed by atoms with Crippen LogP contribution in [0.25, 0.3) is 21.9 Å². The van der Waals surface area contributed by atoms with Crippen molar-refractivity contribution < 1.29 is 0 Å². The third-order valence-electron chi connectivity index (χ3n) is 3.62. The van der Waals surface area contributed by atoms with Crippen molar-refractivity contribution in [3.63, 3.8) is 0 Å². The third-order valence-corrected chi connectivity index (χ3v) is 3.62. The number of para-hydroxylation sites is 3. The second-order valence-electron chi connectivity index (χ2n) is 4.86. The Bertz CT molecular complexity index is 854. The number of nitrogens with zero attached hydrogens (tertiary/aromatic N) is 2. The minimum atomic E-state index is 0.843. The summed E-state index contributed by atoms with van der Waals surface area (Å²) in [4.78, 5) is 13.3. The van der Waals surface area contributed by atoms with E-state index in [0.29, 0.717) is 0 Å². The second kappa shape index (κ2) is 4.13. The van der Waals surface area contributed by atoms with Gasteiger partial charge in [0.2, 0.25) is 5.95 Å². The lowest BCUT2D eigenvalue weighted by molar-refractivity contribution is 1.11. The van der Waals surface area contributed by atoms with E-state index in [0.717, 1.165) is 28.2 Å². The summed E-state index contributed by atoms with van der Waals surface area (Å²) >= 11 is 0. The van der Waals surface area contributed by atoms with Crippen LogP contribution in [0, 0.1) is 0 Å². The summed E-state index contributed by atoms with van der Waals surface area (Å²) in [5, 5.41) is 1.19. The fraction of sp³-hybridized carbons (Fsp3) is 0.0625. The molecule has 2 aromatic carbocycles. The number of rotatable bonds is 2. The Balaban J connectivity index is 1.85. The maximum atomic E-state index is 4.63. The van der Waals surface area contributed by atoms with Crippen LogP contribution >= 0.6 is 0 Å². The summed E-state index contributed by atoms with van der Waals surface area (Å²) in [5.74, 6) is 0.843. The van der Waals surface area contributed by atoms with Crippen LogP contribution in [0.3, 0.4) is 0 Å². The van der Waals surface area contributed by atoms with Gasteiger partial charge in [-0.25, -0.2) is 4.98 Å². The molecule has 4 heteroatoms. The highest BCUT2D eigenvalue weighted by atomic mass is 15.2. The third kappa shape index (κ3) is 1.58. The number of anilines is 2. The molecule has 0 aliphatic heterocycles. The zero-order chi connectivity index (χ0) is 13.5. The monoisotopic (exact) mass is 262 g/mol. The molecule has 0 unspecified atom stereocenters. The summed E-state index contributed by atoms with van der Waals surface area (Å²) in [6.45, 7) is 0. The van der Waals surface area contributed by atoms with Gasteiger partial charge in [-0.15, -0.1) is 0 Å².